The summed E-state index contributed by atoms with van der Waals surface area (Å²) in [7, 11) is 0. The van der Waals surface area contributed by atoms with Crippen LogP contribution in [-0.2, 0) is 4.84 Å². The Morgan fingerprint density at radius 1 is 1.12 bits per heavy atom. The van der Waals surface area contributed by atoms with E-state index < -0.39 is 0 Å². The molecule has 0 aliphatic carbocycles. The first-order valence-corrected chi connectivity index (χ1v) is 6.04. The van der Waals surface area contributed by atoms with E-state index in [1.165, 1.54) is 0 Å². The lowest BCUT2D eigenvalue weighted by Gasteiger charge is -2.39. The second-order valence-corrected chi connectivity index (χ2v) is 5.94. The molecule has 0 fully saturated rings. The fourth-order valence-corrected chi connectivity index (χ4v) is 1.15. The molecule has 0 saturated carbocycles. The summed E-state index contributed by atoms with van der Waals surface area (Å²) in [5.74, 6) is 4.85. The maximum absolute atomic E-state index is 11.3. The summed E-state index contributed by atoms with van der Waals surface area (Å²) < 4.78 is 0. The van der Waals surface area contributed by atoms with Crippen molar-refractivity contribution < 1.29 is 9.63 Å². The highest BCUT2D eigenvalue weighted by Crippen LogP contribution is 2.40. The highest BCUT2D eigenvalue weighted by atomic mass is 16.6. The zero-order chi connectivity index (χ0) is 13.5. The third kappa shape index (κ3) is 6.48. The van der Waals surface area contributed by atoms with Gasteiger partial charge in [-0.05, 0) is 17.3 Å². The minimum atomic E-state index is -0.174. The van der Waals surface area contributed by atoms with Crippen molar-refractivity contribution in [1.29, 1.82) is 0 Å². The molecule has 0 saturated heterocycles. The molecule has 0 radical (unpaired) electrons. The Balaban J connectivity index is 3.80. The predicted octanol–water partition coefficient (Wildman–Crippen LogP) is 1.64. The maximum atomic E-state index is 11.3. The van der Waals surface area contributed by atoms with Crippen LogP contribution in [0.15, 0.2) is 0 Å². The van der Waals surface area contributed by atoms with Gasteiger partial charge in [-0.1, -0.05) is 34.6 Å². The smallest absolute Gasteiger partial charge is 0.314 e. The topological polar surface area (TPSA) is 76.4 Å². The van der Waals surface area contributed by atoms with Gasteiger partial charge in [0.1, 0.15) is 0 Å². The van der Waals surface area contributed by atoms with E-state index in [1.807, 2.05) is 0 Å². The Hall–Kier alpha value is -0.810. The van der Waals surface area contributed by atoms with Crippen molar-refractivity contribution >= 4 is 6.03 Å². The quantitative estimate of drug-likeness (QED) is 0.492. The Morgan fingerprint density at radius 2 is 1.65 bits per heavy atom. The third-order valence-electron chi connectivity index (χ3n) is 3.57. The number of carbonyl (C=O) groups excluding carboxylic acids is 1. The molecule has 0 rings (SSSR count). The molecule has 4 N–H and O–H groups in total. The Bertz CT molecular complexity index is 234. The molecule has 5 heteroatoms. The summed E-state index contributed by atoms with van der Waals surface area (Å²) >= 11 is 0. The van der Waals surface area contributed by atoms with E-state index in [4.69, 9.17) is 5.90 Å². The summed E-state index contributed by atoms with van der Waals surface area (Å²) in [6.07, 6.45) is 0.942. The maximum Gasteiger partial charge on any atom is 0.314 e. The van der Waals surface area contributed by atoms with Crippen LogP contribution in [-0.4, -0.2) is 25.7 Å². The Labute approximate surface area is 104 Å². The van der Waals surface area contributed by atoms with Gasteiger partial charge in [-0.2, -0.15) is 0 Å². The van der Waals surface area contributed by atoms with Gasteiger partial charge in [0, 0.05) is 13.1 Å². The summed E-state index contributed by atoms with van der Waals surface area (Å²) in [4.78, 5) is 15.7. The minimum absolute atomic E-state index is 0.174. The lowest BCUT2D eigenvalue weighted by molar-refractivity contribution is 0.119. The van der Waals surface area contributed by atoms with Crippen LogP contribution in [0.25, 0.3) is 0 Å². The van der Waals surface area contributed by atoms with Crippen LogP contribution >= 0.6 is 0 Å². The van der Waals surface area contributed by atoms with E-state index in [0.717, 1.165) is 6.42 Å². The monoisotopic (exact) mass is 245 g/mol. The first-order valence-electron chi connectivity index (χ1n) is 6.04. The number of nitrogens with one attached hydrogen (secondary N) is 2. The third-order valence-corrected chi connectivity index (χ3v) is 3.57. The van der Waals surface area contributed by atoms with Crippen molar-refractivity contribution in [2.75, 3.05) is 19.7 Å². The van der Waals surface area contributed by atoms with E-state index in [1.54, 1.807) is 0 Å². The zero-order valence-corrected chi connectivity index (χ0v) is 11.7. The van der Waals surface area contributed by atoms with Gasteiger partial charge in [-0.3, -0.25) is 0 Å². The highest BCUT2D eigenvalue weighted by Gasteiger charge is 2.32. The summed E-state index contributed by atoms with van der Waals surface area (Å²) in [6.45, 7) is 12.5. The molecule has 0 bridgehead atoms. The van der Waals surface area contributed by atoms with E-state index in [9.17, 15) is 4.79 Å². The zero-order valence-electron chi connectivity index (χ0n) is 11.7. The Morgan fingerprint density at radius 3 is 2.12 bits per heavy atom. The molecule has 2 amide bonds. The highest BCUT2D eigenvalue weighted by molar-refractivity contribution is 5.73. The van der Waals surface area contributed by atoms with Gasteiger partial charge in [0.05, 0.1) is 6.61 Å². The fourth-order valence-electron chi connectivity index (χ4n) is 1.15. The molecule has 0 heterocycles. The van der Waals surface area contributed by atoms with Crippen molar-refractivity contribution in [3.05, 3.63) is 0 Å². The lowest BCUT2D eigenvalue weighted by atomic mass is 9.67. The van der Waals surface area contributed by atoms with Crippen molar-refractivity contribution in [2.24, 2.45) is 16.7 Å². The molecular formula is C12H27N3O2. The van der Waals surface area contributed by atoms with Crippen LogP contribution in [0.5, 0.6) is 0 Å². The van der Waals surface area contributed by atoms with Gasteiger partial charge < -0.3 is 15.5 Å². The molecule has 0 aliphatic heterocycles. The van der Waals surface area contributed by atoms with Crippen LogP contribution in [0.4, 0.5) is 4.79 Å². The molecule has 0 unspecified atom stereocenters. The number of nitrogens with two attached hydrogens (primary N) is 1. The molecule has 0 spiro atoms. The Kier molecular flexibility index (Phi) is 6.49. The number of hydrogen-bond donors (Lipinski definition) is 3. The van der Waals surface area contributed by atoms with Gasteiger partial charge in [0.2, 0.25) is 0 Å². The standard InChI is InChI=1S/C12H27N3O2/c1-11(2,3)12(4,5)6-7-14-10(16)15-8-9-17-13/h6-9,13H2,1-5H3,(H2,14,15,16). The van der Waals surface area contributed by atoms with Crippen LogP contribution < -0.4 is 16.5 Å². The second-order valence-electron chi connectivity index (χ2n) is 5.94. The molecule has 0 aliphatic rings. The van der Waals surface area contributed by atoms with Gasteiger partial charge in [0.25, 0.3) is 0 Å². The van der Waals surface area contributed by atoms with Gasteiger partial charge >= 0.3 is 6.03 Å². The van der Waals surface area contributed by atoms with E-state index >= 15 is 0 Å². The first kappa shape index (κ1) is 16.2. The number of carbonyl (C=O) groups is 1. The summed E-state index contributed by atoms with van der Waals surface area (Å²) in [5.41, 5.74) is 0.402. The molecule has 0 aromatic heterocycles. The van der Waals surface area contributed by atoms with Crippen molar-refractivity contribution in [3.8, 4) is 0 Å². The molecule has 102 valence electrons. The average molecular weight is 245 g/mol. The van der Waals surface area contributed by atoms with Gasteiger partial charge in [-0.25, -0.2) is 10.7 Å². The molecule has 17 heavy (non-hydrogen) atoms. The van der Waals surface area contributed by atoms with E-state index in [0.29, 0.717) is 19.7 Å². The van der Waals surface area contributed by atoms with Gasteiger partial charge in [-0.15, -0.1) is 0 Å². The summed E-state index contributed by atoms with van der Waals surface area (Å²) in [6, 6.07) is -0.174. The second kappa shape index (κ2) is 6.81. The molecule has 5 nitrogen and oxygen atoms in total. The summed E-state index contributed by atoms with van der Waals surface area (Å²) in [5, 5.41) is 5.48. The molecule has 0 aromatic carbocycles. The lowest BCUT2D eigenvalue weighted by Crippen LogP contribution is -2.40. The number of rotatable bonds is 6. The van der Waals surface area contributed by atoms with Crippen LogP contribution in [0.2, 0.25) is 0 Å². The SMILES string of the molecule is CC(C)(C)C(C)(C)CCNC(=O)NCCON. The number of urea groups is 1. The largest absolute Gasteiger partial charge is 0.338 e. The van der Waals surface area contributed by atoms with Gasteiger partial charge in [0.15, 0.2) is 0 Å². The fraction of sp³-hybridized carbons (Fsp3) is 0.917. The average Bonchev–Trinajstić information content (AvgIpc) is 2.16. The molecular weight excluding hydrogens is 218 g/mol. The van der Waals surface area contributed by atoms with E-state index in [2.05, 4.69) is 50.1 Å². The molecule has 0 atom stereocenters. The van der Waals surface area contributed by atoms with Crippen molar-refractivity contribution in [2.45, 2.75) is 41.0 Å². The van der Waals surface area contributed by atoms with Crippen LogP contribution in [0.3, 0.4) is 0 Å². The molecule has 0 aromatic rings. The number of hydrogen-bond acceptors (Lipinski definition) is 3. The van der Waals surface area contributed by atoms with Crippen molar-refractivity contribution in [3.63, 3.8) is 0 Å². The predicted molar refractivity (Wildman–Crippen MR) is 69.4 cm³/mol. The van der Waals surface area contributed by atoms with E-state index in [-0.39, 0.29) is 16.9 Å². The first-order chi connectivity index (χ1) is 7.70. The van der Waals surface area contributed by atoms with Crippen LogP contribution in [0, 0.1) is 10.8 Å². The minimum Gasteiger partial charge on any atom is -0.338 e. The van der Waals surface area contributed by atoms with Crippen LogP contribution in [0.1, 0.15) is 41.0 Å². The normalized spacial score (nSPS) is 12.4. The van der Waals surface area contributed by atoms with Crippen molar-refractivity contribution in [1.82, 2.24) is 10.6 Å². The number of amides is 2.